The molecule has 0 unspecified atom stereocenters. The van der Waals surface area contributed by atoms with Crippen LogP contribution in [0.1, 0.15) is 30.5 Å². The lowest BCUT2D eigenvalue weighted by Gasteiger charge is -2.13. The molecule has 2 aromatic carbocycles. The van der Waals surface area contributed by atoms with Crippen LogP contribution in [0.15, 0.2) is 53.6 Å². The summed E-state index contributed by atoms with van der Waals surface area (Å²) >= 11 is 6.49. The standard InChI is InChI=1S/C21H20ClN3O2/c1-3-27-16-9-6-14-10-17(21(22)23-18(14)11-16)20-12-19(24-25-20)13-4-7-15(26-2)8-5-13/h4-11,20,25H,3,12H2,1-2H3/t20-/m0/s1. The minimum Gasteiger partial charge on any atom is -0.497 e. The molecule has 1 aliphatic rings. The largest absolute Gasteiger partial charge is 0.497 e. The van der Waals surface area contributed by atoms with Crippen LogP contribution in [-0.2, 0) is 0 Å². The minimum atomic E-state index is -0.00179. The van der Waals surface area contributed by atoms with E-state index in [1.54, 1.807) is 7.11 Å². The second kappa shape index (κ2) is 7.45. The van der Waals surface area contributed by atoms with Crippen molar-refractivity contribution >= 4 is 28.2 Å². The zero-order valence-corrected chi connectivity index (χ0v) is 16.0. The molecule has 0 amide bonds. The molecule has 0 spiro atoms. The van der Waals surface area contributed by atoms with Gasteiger partial charge in [-0.3, -0.25) is 0 Å². The molecule has 138 valence electrons. The SMILES string of the molecule is CCOc1ccc2cc([C@@H]3CC(c4ccc(OC)cc4)=NN3)c(Cl)nc2c1. The van der Waals surface area contributed by atoms with Crippen LogP contribution < -0.4 is 14.9 Å². The molecular weight excluding hydrogens is 362 g/mol. The highest BCUT2D eigenvalue weighted by molar-refractivity contribution is 6.30. The third kappa shape index (κ3) is 3.55. The Morgan fingerprint density at radius 3 is 2.63 bits per heavy atom. The lowest BCUT2D eigenvalue weighted by atomic mass is 9.99. The Bertz CT molecular complexity index is 1000. The van der Waals surface area contributed by atoms with Crippen molar-refractivity contribution in [2.24, 2.45) is 5.10 Å². The smallest absolute Gasteiger partial charge is 0.135 e. The van der Waals surface area contributed by atoms with E-state index in [0.717, 1.165) is 45.7 Å². The first-order chi connectivity index (χ1) is 13.2. The van der Waals surface area contributed by atoms with Gasteiger partial charge in [0.2, 0.25) is 0 Å². The maximum atomic E-state index is 6.49. The van der Waals surface area contributed by atoms with Crippen LogP contribution in [0.3, 0.4) is 0 Å². The summed E-state index contributed by atoms with van der Waals surface area (Å²) in [6.07, 6.45) is 0.746. The summed E-state index contributed by atoms with van der Waals surface area (Å²) in [5.74, 6) is 1.63. The second-order valence-corrected chi connectivity index (χ2v) is 6.69. The lowest BCUT2D eigenvalue weighted by Crippen LogP contribution is -2.11. The van der Waals surface area contributed by atoms with Gasteiger partial charge < -0.3 is 14.9 Å². The van der Waals surface area contributed by atoms with E-state index in [1.807, 2.05) is 49.4 Å². The van der Waals surface area contributed by atoms with Crippen LogP contribution in [0, 0.1) is 0 Å². The van der Waals surface area contributed by atoms with Gasteiger partial charge in [0.15, 0.2) is 0 Å². The highest BCUT2D eigenvalue weighted by Gasteiger charge is 2.24. The summed E-state index contributed by atoms with van der Waals surface area (Å²) in [5.41, 5.74) is 7.02. The highest BCUT2D eigenvalue weighted by Crippen LogP contribution is 2.32. The summed E-state index contributed by atoms with van der Waals surface area (Å²) in [6.45, 7) is 2.58. The summed E-state index contributed by atoms with van der Waals surface area (Å²) in [5, 5.41) is 6.01. The molecule has 0 saturated heterocycles. The number of fused-ring (bicyclic) bond motifs is 1. The van der Waals surface area contributed by atoms with Gasteiger partial charge in [-0.05, 0) is 55.0 Å². The lowest BCUT2D eigenvalue weighted by molar-refractivity contribution is 0.340. The van der Waals surface area contributed by atoms with Gasteiger partial charge >= 0.3 is 0 Å². The molecule has 27 heavy (non-hydrogen) atoms. The fourth-order valence-electron chi connectivity index (χ4n) is 3.23. The number of methoxy groups -OCH3 is 1. The Kier molecular flexibility index (Phi) is 4.86. The third-order valence-corrected chi connectivity index (χ3v) is 4.93. The normalized spacial score (nSPS) is 16.1. The van der Waals surface area contributed by atoms with Crippen molar-refractivity contribution in [2.75, 3.05) is 13.7 Å². The molecule has 2 heterocycles. The molecule has 1 aliphatic heterocycles. The van der Waals surface area contributed by atoms with E-state index >= 15 is 0 Å². The summed E-state index contributed by atoms with van der Waals surface area (Å²) < 4.78 is 10.8. The van der Waals surface area contributed by atoms with Gasteiger partial charge in [0.05, 0.1) is 31.0 Å². The third-order valence-electron chi connectivity index (χ3n) is 4.63. The number of hydrazone groups is 1. The number of ether oxygens (including phenoxy) is 2. The quantitative estimate of drug-likeness (QED) is 0.649. The van der Waals surface area contributed by atoms with Gasteiger partial charge in [0.25, 0.3) is 0 Å². The predicted molar refractivity (Wildman–Crippen MR) is 108 cm³/mol. The van der Waals surface area contributed by atoms with E-state index in [9.17, 15) is 0 Å². The number of nitrogens with zero attached hydrogens (tertiary/aromatic N) is 2. The van der Waals surface area contributed by atoms with E-state index in [0.29, 0.717) is 11.8 Å². The van der Waals surface area contributed by atoms with E-state index in [4.69, 9.17) is 21.1 Å². The molecule has 0 saturated carbocycles. The number of rotatable bonds is 5. The van der Waals surface area contributed by atoms with Crippen LogP contribution in [0.25, 0.3) is 10.9 Å². The zero-order valence-electron chi connectivity index (χ0n) is 15.2. The van der Waals surface area contributed by atoms with Gasteiger partial charge in [-0.1, -0.05) is 11.6 Å². The van der Waals surface area contributed by atoms with Crippen LogP contribution in [0.5, 0.6) is 11.5 Å². The van der Waals surface area contributed by atoms with Crippen molar-refractivity contribution in [1.29, 1.82) is 0 Å². The number of halogens is 1. The fraction of sp³-hybridized carbons (Fsp3) is 0.238. The first kappa shape index (κ1) is 17.6. The van der Waals surface area contributed by atoms with Crippen LogP contribution in [0.4, 0.5) is 0 Å². The number of benzene rings is 2. The number of pyridine rings is 1. The summed E-state index contributed by atoms with van der Waals surface area (Å²) in [7, 11) is 1.66. The molecule has 1 N–H and O–H groups in total. The van der Waals surface area contributed by atoms with E-state index in [-0.39, 0.29) is 6.04 Å². The molecule has 1 aromatic heterocycles. The topological polar surface area (TPSA) is 55.7 Å². The van der Waals surface area contributed by atoms with Gasteiger partial charge in [-0.2, -0.15) is 5.10 Å². The molecule has 6 heteroatoms. The number of aromatic nitrogens is 1. The van der Waals surface area contributed by atoms with Crippen LogP contribution in [-0.4, -0.2) is 24.4 Å². The highest BCUT2D eigenvalue weighted by atomic mass is 35.5. The van der Waals surface area contributed by atoms with Crippen molar-refractivity contribution < 1.29 is 9.47 Å². The monoisotopic (exact) mass is 381 g/mol. The zero-order chi connectivity index (χ0) is 18.8. The molecule has 0 bridgehead atoms. The molecule has 0 radical (unpaired) electrons. The molecule has 4 rings (SSSR count). The molecule has 0 aliphatic carbocycles. The first-order valence-electron chi connectivity index (χ1n) is 8.87. The molecule has 5 nitrogen and oxygen atoms in total. The summed E-state index contributed by atoms with van der Waals surface area (Å²) in [4.78, 5) is 4.56. The van der Waals surface area contributed by atoms with Gasteiger partial charge in [-0.15, -0.1) is 0 Å². The van der Waals surface area contributed by atoms with Gasteiger partial charge in [0.1, 0.15) is 16.7 Å². The van der Waals surface area contributed by atoms with Gasteiger partial charge in [0, 0.05) is 23.4 Å². The van der Waals surface area contributed by atoms with Crippen molar-refractivity contribution in [3.05, 3.63) is 64.8 Å². The Morgan fingerprint density at radius 1 is 1.11 bits per heavy atom. The van der Waals surface area contributed by atoms with E-state index < -0.39 is 0 Å². The Labute approximate surface area is 163 Å². The molecule has 3 aromatic rings. The predicted octanol–water partition coefficient (Wildman–Crippen LogP) is 4.73. The summed E-state index contributed by atoms with van der Waals surface area (Å²) in [6, 6.07) is 15.8. The minimum absolute atomic E-state index is 0.00179. The van der Waals surface area contributed by atoms with E-state index in [2.05, 4.69) is 21.6 Å². The Morgan fingerprint density at radius 2 is 1.89 bits per heavy atom. The van der Waals surface area contributed by atoms with Crippen LogP contribution >= 0.6 is 11.6 Å². The average molecular weight is 382 g/mol. The number of hydrogen-bond donors (Lipinski definition) is 1. The Balaban J connectivity index is 1.57. The number of nitrogens with one attached hydrogen (secondary N) is 1. The van der Waals surface area contributed by atoms with Crippen molar-refractivity contribution in [1.82, 2.24) is 10.4 Å². The molecule has 0 fully saturated rings. The number of hydrogen-bond acceptors (Lipinski definition) is 5. The maximum absolute atomic E-state index is 6.49. The fourth-order valence-corrected chi connectivity index (χ4v) is 3.50. The Hall–Kier alpha value is -2.79. The van der Waals surface area contributed by atoms with Crippen molar-refractivity contribution in [3.8, 4) is 11.5 Å². The van der Waals surface area contributed by atoms with Gasteiger partial charge in [-0.25, -0.2) is 4.98 Å². The van der Waals surface area contributed by atoms with Crippen molar-refractivity contribution in [2.45, 2.75) is 19.4 Å². The molecule has 1 atom stereocenters. The van der Waals surface area contributed by atoms with E-state index in [1.165, 1.54) is 0 Å². The average Bonchev–Trinajstić information content (AvgIpc) is 3.17. The maximum Gasteiger partial charge on any atom is 0.135 e. The first-order valence-corrected chi connectivity index (χ1v) is 9.25. The molecular formula is C21H20ClN3O2. The van der Waals surface area contributed by atoms with Crippen LogP contribution in [0.2, 0.25) is 5.15 Å². The van der Waals surface area contributed by atoms with Crippen molar-refractivity contribution in [3.63, 3.8) is 0 Å². The second-order valence-electron chi connectivity index (χ2n) is 6.33.